The van der Waals surface area contributed by atoms with Gasteiger partial charge in [0.2, 0.25) is 0 Å². The van der Waals surface area contributed by atoms with Gasteiger partial charge in [0.05, 0.1) is 0 Å². The molecule has 1 saturated heterocycles. The van der Waals surface area contributed by atoms with Gasteiger partial charge in [-0.25, -0.2) is 13.3 Å². The highest BCUT2D eigenvalue weighted by Gasteiger charge is 2.24. The quantitative estimate of drug-likeness (QED) is 0.707. The molecule has 0 aliphatic carbocycles. The number of carbonyl (C=O) groups is 1. The van der Waals surface area contributed by atoms with Crippen molar-refractivity contribution in [2.24, 2.45) is 5.92 Å². The first-order valence-electron chi connectivity index (χ1n) is 9.01. The molecule has 140 valence electrons. The number of tetrazole rings is 1. The maximum atomic E-state index is 13.3. The Bertz CT molecular complexity index is 974. The zero-order valence-electron chi connectivity index (χ0n) is 14.7. The Morgan fingerprint density at radius 2 is 2.07 bits per heavy atom. The van der Waals surface area contributed by atoms with E-state index in [0.29, 0.717) is 30.1 Å². The number of benzene rings is 1. The molecule has 3 aromatic rings. The van der Waals surface area contributed by atoms with E-state index in [9.17, 15) is 13.6 Å². The normalized spacial score (nSPS) is 17.4. The second-order valence-electron chi connectivity index (χ2n) is 6.94. The molecule has 1 atom stereocenters. The highest BCUT2D eigenvalue weighted by atomic mass is 19.2. The molecule has 8 heteroatoms. The maximum absolute atomic E-state index is 13.3. The summed E-state index contributed by atoms with van der Waals surface area (Å²) in [5.41, 5.74) is 1.88. The minimum atomic E-state index is -0.826. The summed E-state index contributed by atoms with van der Waals surface area (Å²) >= 11 is 0. The van der Waals surface area contributed by atoms with Gasteiger partial charge in [-0.3, -0.25) is 4.79 Å². The van der Waals surface area contributed by atoms with Crippen LogP contribution in [0.2, 0.25) is 0 Å². The summed E-state index contributed by atoms with van der Waals surface area (Å²) in [5.74, 6) is -1.33. The lowest BCUT2D eigenvalue weighted by Crippen LogP contribution is -2.40. The molecular weight excluding hydrogens is 352 g/mol. The minimum absolute atomic E-state index is 0.0296. The van der Waals surface area contributed by atoms with Gasteiger partial charge >= 0.3 is 0 Å². The van der Waals surface area contributed by atoms with Crippen LogP contribution < -0.4 is 0 Å². The Morgan fingerprint density at radius 1 is 1.19 bits per heavy atom. The summed E-state index contributed by atoms with van der Waals surface area (Å²) in [6.45, 7) is 1.38. The molecule has 0 unspecified atom stereocenters. The van der Waals surface area contributed by atoms with Crippen LogP contribution in [0.25, 0.3) is 5.65 Å². The Balaban J connectivity index is 1.39. The number of nitrogens with zero attached hydrogens (tertiary/aromatic N) is 5. The molecule has 0 saturated carbocycles. The summed E-state index contributed by atoms with van der Waals surface area (Å²) in [6, 6.07) is 7.44. The molecule has 1 aliphatic rings. The van der Waals surface area contributed by atoms with E-state index >= 15 is 0 Å². The molecule has 1 fully saturated rings. The number of aryl methyl sites for hydroxylation is 1. The Hall–Kier alpha value is -2.90. The number of piperidine rings is 1. The summed E-state index contributed by atoms with van der Waals surface area (Å²) < 4.78 is 27.9. The molecule has 1 aliphatic heterocycles. The molecule has 0 radical (unpaired) electrons. The summed E-state index contributed by atoms with van der Waals surface area (Å²) in [4.78, 5) is 14.7. The standard InChI is InChI=1S/C19H19F2N5O/c20-16-6-5-13(10-17(16)21)3-4-14-2-1-8-25(12-14)19(27)15-7-9-26-18(11-15)22-23-24-26/h5-7,9-11,14H,1-4,8,12H2/t14-/m0/s1. The van der Waals surface area contributed by atoms with Gasteiger partial charge in [-0.15, -0.1) is 5.10 Å². The van der Waals surface area contributed by atoms with Crippen LogP contribution in [-0.4, -0.2) is 43.9 Å². The molecule has 6 nitrogen and oxygen atoms in total. The van der Waals surface area contributed by atoms with Crippen molar-refractivity contribution in [3.05, 3.63) is 59.3 Å². The van der Waals surface area contributed by atoms with Crippen LogP contribution in [0.15, 0.2) is 36.5 Å². The maximum Gasteiger partial charge on any atom is 0.254 e. The van der Waals surface area contributed by atoms with E-state index in [1.165, 1.54) is 10.6 Å². The molecule has 3 heterocycles. The topological polar surface area (TPSA) is 63.4 Å². The van der Waals surface area contributed by atoms with Gasteiger partial charge in [0.15, 0.2) is 17.3 Å². The summed E-state index contributed by atoms with van der Waals surface area (Å²) in [5, 5.41) is 11.2. The molecule has 4 rings (SSSR count). The molecule has 0 spiro atoms. The van der Waals surface area contributed by atoms with Crippen LogP contribution in [0, 0.1) is 17.6 Å². The SMILES string of the molecule is O=C(c1ccn2nnnc2c1)N1CCC[C@@H](CCc2ccc(F)c(F)c2)C1. The summed E-state index contributed by atoms with van der Waals surface area (Å²) in [7, 11) is 0. The van der Waals surface area contributed by atoms with Gasteiger partial charge in [0.25, 0.3) is 5.91 Å². The summed E-state index contributed by atoms with van der Waals surface area (Å²) in [6.07, 6.45) is 5.14. The van der Waals surface area contributed by atoms with E-state index in [1.54, 1.807) is 24.4 Å². The number of pyridine rings is 1. The zero-order valence-corrected chi connectivity index (χ0v) is 14.7. The third-order valence-corrected chi connectivity index (χ3v) is 5.08. The van der Waals surface area contributed by atoms with Crippen molar-refractivity contribution in [2.45, 2.75) is 25.7 Å². The van der Waals surface area contributed by atoms with Crippen molar-refractivity contribution in [1.82, 2.24) is 24.9 Å². The first-order chi connectivity index (χ1) is 13.1. The van der Waals surface area contributed by atoms with Crippen LogP contribution in [0.4, 0.5) is 8.78 Å². The Kier molecular flexibility index (Phi) is 4.79. The number of hydrogen-bond donors (Lipinski definition) is 0. The third-order valence-electron chi connectivity index (χ3n) is 5.08. The second-order valence-corrected chi connectivity index (χ2v) is 6.94. The number of aromatic nitrogens is 4. The fraction of sp³-hybridized carbons (Fsp3) is 0.368. The van der Waals surface area contributed by atoms with Gasteiger partial charge in [-0.2, -0.15) is 0 Å². The van der Waals surface area contributed by atoms with E-state index in [-0.39, 0.29) is 5.91 Å². The fourth-order valence-electron chi connectivity index (χ4n) is 3.61. The minimum Gasteiger partial charge on any atom is -0.338 e. The average molecular weight is 371 g/mol. The van der Waals surface area contributed by atoms with E-state index in [1.807, 2.05) is 4.90 Å². The van der Waals surface area contributed by atoms with Crippen LogP contribution in [0.1, 0.15) is 35.2 Å². The molecule has 27 heavy (non-hydrogen) atoms. The van der Waals surface area contributed by atoms with Gasteiger partial charge < -0.3 is 4.90 Å². The van der Waals surface area contributed by atoms with Crippen molar-refractivity contribution < 1.29 is 13.6 Å². The average Bonchev–Trinajstić information content (AvgIpc) is 3.16. The van der Waals surface area contributed by atoms with Crippen LogP contribution in [-0.2, 0) is 6.42 Å². The Morgan fingerprint density at radius 3 is 2.93 bits per heavy atom. The first-order valence-corrected chi connectivity index (χ1v) is 9.01. The predicted octanol–water partition coefficient (Wildman–Crippen LogP) is 2.89. The van der Waals surface area contributed by atoms with Gasteiger partial charge in [0.1, 0.15) is 0 Å². The van der Waals surface area contributed by atoms with E-state index in [2.05, 4.69) is 15.5 Å². The van der Waals surface area contributed by atoms with Crippen LogP contribution in [0.5, 0.6) is 0 Å². The highest BCUT2D eigenvalue weighted by molar-refractivity contribution is 5.95. The molecule has 2 aromatic heterocycles. The van der Waals surface area contributed by atoms with Crippen LogP contribution in [0.3, 0.4) is 0 Å². The lowest BCUT2D eigenvalue weighted by atomic mass is 9.91. The number of fused-ring (bicyclic) bond motifs is 1. The van der Waals surface area contributed by atoms with Gasteiger partial charge in [-0.1, -0.05) is 6.07 Å². The molecular formula is C19H19F2N5O. The van der Waals surface area contributed by atoms with Gasteiger partial charge in [0, 0.05) is 24.8 Å². The predicted molar refractivity (Wildman–Crippen MR) is 94.1 cm³/mol. The van der Waals surface area contributed by atoms with E-state index in [4.69, 9.17) is 0 Å². The van der Waals surface area contributed by atoms with Crippen LogP contribution >= 0.6 is 0 Å². The number of carbonyl (C=O) groups excluding carboxylic acids is 1. The van der Waals surface area contributed by atoms with Crippen molar-refractivity contribution in [3.63, 3.8) is 0 Å². The number of likely N-dealkylation sites (tertiary alicyclic amines) is 1. The molecule has 1 aromatic carbocycles. The lowest BCUT2D eigenvalue weighted by molar-refractivity contribution is 0.0668. The molecule has 0 bridgehead atoms. The highest BCUT2D eigenvalue weighted by Crippen LogP contribution is 2.23. The van der Waals surface area contributed by atoms with Gasteiger partial charge in [-0.05, 0) is 71.9 Å². The largest absolute Gasteiger partial charge is 0.338 e. The van der Waals surface area contributed by atoms with Crippen molar-refractivity contribution in [2.75, 3.05) is 13.1 Å². The first kappa shape index (κ1) is 17.5. The van der Waals surface area contributed by atoms with Crippen molar-refractivity contribution >= 4 is 11.6 Å². The monoisotopic (exact) mass is 371 g/mol. The lowest BCUT2D eigenvalue weighted by Gasteiger charge is -2.33. The molecule has 0 N–H and O–H groups in total. The van der Waals surface area contributed by atoms with Crippen molar-refractivity contribution in [1.29, 1.82) is 0 Å². The molecule has 1 amide bonds. The number of amides is 1. The number of rotatable bonds is 4. The zero-order chi connectivity index (χ0) is 18.8. The fourth-order valence-corrected chi connectivity index (χ4v) is 3.61. The van der Waals surface area contributed by atoms with Crippen molar-refractivity contribution in [3.8, 4) is 0 Å². The third kappa shape index (κ3) is 3.79. The number of hydrogen-bond acceptors (Lipinski definition) is 4. The van der Waals surface area contributed by atoms with E-state index in [0.717, 1.165) is 37.4 Å². The number of halogens is 2. The smallest absolute Gasteiger partial charge is 0.254 e. The van der Waals surface area contributed by atoms with E-state index < -0.39 is 11.6 Å². The second kappa shape index (κ2) is 7.38. The Labute approximate surface area is 154 Å².